The van der Waals surface area contributed by atoms with Crippen molar-refractivity contribution in [1.29, 1.82) is 0 Å². The first-order chi connectivity index (χ1) is 7.97. The number of amides is 1. The van der Waals surface area contributed by atoms with Gasteiger partial charge in [0.05, 0.1) is 0 Å². The van der Waals surface area contributed by atoms with E-state index in [-0.39, 0.29) is 30.0 Å². The maximum atomic E-state index is 11.9. The summed E-state index contributed by atoms with van der Waals surface area (Å²) in [6.07, 6.45) is 0. The molecule has 1 amide bonds. The zero-order chi connectivity index (χ0) is 13.0. The van der Waals surface area contributed by atoms with Crippen molar-refractivity contribution in [3.05, 3.63) is 34.2 Å². The Morgan fingerprint density at radius 1 is 1.47 bits per heavy atom. The van der Waals surface area contributed by atoms with Crippen LogP contribution in [0.3, 0.4) is 0 Å². The van der Waals surface area contributed by atoms with Crippen LogP contribution in [0.15, 0.2) is 23.0 Å². The molecule has 1 heterocycles. The molecule has 94 valence electrons. The van der Waals surface area contributed by atoms with E-state index >= 15 is 0 Å². The number of aliphatic hydroxyl groups excluding tert-OH is 1. The third-order valence-electron chi connectivity index (χ3n) is 2.92. The van der Waals surface area contributed by atoms with E-state index in [1.54, 1.807) is 19.2 Å². The summed E-state index contributed by atoms with van der Waals surface area (Å²) < 4.78 is 1.30. The maximum Gasteiger partial charge on any atom is 0.268 e. The number of pyridine rings is 1. The molecular weight excluding hydrogens is 220 g/mol. The normalized spacial score (nSPS) is 14.1. The molecule has 1 aromatic heterocycles. The lowest BCUT2D eigenvalue weighted by molar-refractivity contribution is 0.0907. The van der Waals surface area contributed by atoms with Crippen molar-refractivity contribution in [2.75, 3.05) is 6.61 Å². The minimum atomic E-state index is -0.307. The number of hydrogen-bond donors (Lipinski definition) is 2. The lowest BCUT2D eigenvalue weighted by atomic mass is 10.1. The standard InChI is InChI=1S/C12H18N2O3/c1-8(7-15)9(2)13-12(17)10-5-4-6-11(16)14(10)3/h4-6,8-9,15H,7H2,1-3H3,(H,13,17). The molecule has 17 heavy (non-hydrogen) atoms. The molecule has 1 aromatic rings. The predicted molar refractivity (Wildman–Crippen MR) is 64.9 cm³/mol. The third kappa shape index (κ3) is 3.17. The van der Waals surface area contributed by atoms with Gasteiger partial charge in [-0.05, 0) is 18.9 Å². The molecule has 0 radical (unpaired) electrons. The molecule has 2 N–H and O–H groups in total. The van der Waals surface area contributed by atoms with Gasteiger partial charge in [0.15, 0.2) is 0 Å². The van der Waals surface area contributed by atoms with E-state index < -0.39 is 0 Å². The molecule has 5 heteroatoms. The van der Waals surface area contributed by atoms with E-state index in [2.05, 4.69) is 5.32 Å². The fourth-order valence-electron chi connectivity index (χ4n) is 1.37. The summed E-state index contributed by atoms with van der Waals surface area (Å²) in [6, 6.07) is 4.39. The van der Waals surface area contributed by atoms with E-state index in [1.165, 1.54) is 10.6 Å². The van der Waals surface area contributed by atoms with Crippen LogP contribution in [-0.2, 0) is 7.05 Å². The highest BCUT2D eigenvalue weighted by Gasteiger charge is 2.16. The van der Waals surface area contributed by atoms with Gasteiger partial charge < -0.3 is 15.0 Å². The number of aromatic nitrogens is 1. The zero-order valence-corrected chi connectivity index (χ0v) is 10.3. The molecule has 0 fully saturated rings. The van der Waals surface area contributed by atoms with Gasteiger partial charge in [0, 0.05) is 25.8 Å². The van der Waals surface area contributed by atoms with Gasteiger partial charge in [-0.2, -0.15) is 0 Å². The fraction of sp³-hybridized carbons (Fsp3) is 0.500. The molecule has 0 saturated heterocycles. The summed E-state index contributed by atoms with van der Waals surface area (Å²) in [6.45, 7) is 3.67. The van der Waals surface area contributed by atoms with Crippen LogP contribution in [0.1, 0.15) is 24.3 Å². The molecule has 0 aliphatic carbocycles. The van der Waals surface area contributed by atoms with Gasteiger partial charge in [-0.3, -0.25) is 9.59 Å². The topological polar surface area (TPSA) is 71.3 Å². The van der Waals surface area contributed by atoms with E-state index in [9.17, 15) is 9.59 Å². The van der Waals surface area contributed by atoms with Gasteiger partial charge in [0.1, 0.15) is 5.69 Å². The van der Waals surface area contributed by atoms with Crippen LogP contribution in [0.4, 0.5) is 0 Å². The van der Waals surface area contributed by atoms with Gasteiger partial charge in [-0.15, -0.1) is 0 Å². The Morgan fingerprint density at radius 3 is 2.71 bits per heavy atom. The summed E-state index contributed by atoms with van der Waals surface area (Å²) in [5.41, 5.74) is 0.0926. The predicted octanol–water partition coefficient (Wildman–Crippen LogP) is 0.132. The highest BCUT2D eigenvalue weighted by molar-refractivity contribution is 5.92. The summed E-state index contributed by atoms with van der Waals surface area (Å²) in [5, 5.41) is 11.7. The molecule has 2 atom stereocenters. The van der Waals surface area contributed by atoms with Crippen LogP contribution in [0.2, 0.25) is 0 Å². The number of carbonyl (C=O) groups is 1. The molecule has 0 bridgehead atoms. The van der Waals surface area contributed by atoms with Crippen molar-refractivity contribution < 1.29 is 9.90 Å². The van der Waals surface area contributed by atoms with E-state index in [0.717, 1.165) is 0 Å². The number of rotatable bonds is 4. The highest BCUT2D eigenvalue weighted by Crippen LogP contribution is 2.02. The largest absolute Gasteiger partial charge is 0.396 e. The van der Waals surface area contributed by atoms with Gasteiger partial charge in [-0.1, -0.05) is 13.0 Å². The summed E-state index contributed by atoms with van der Waals surface area (Å²) in [7, 11) is 1.55. The van der Waals surface area contributed by atoms with E-state index in [1.807, 2.05) is 13.8 Å². The molecule has 1 rings (SSSR count). The van der Waals surface area contributed by atoms with Crippen LogP contribution in [0, 0.1) is 5.92 Å². The Labute approximate surface area is 100 Å². The summed E-state index contributed by atoms with van der Waals surface area (Å²) in [5.74, 6) is -0.335. The molecule has 0 aliphatic heterocycles. The number of nitrogens with zero attached hydrogens (tertiary/aromatic N) is 1. The third-order valence-corrected chi connectivity index (χ3v) is 2.92. The minimum absolute atomic E-state index is 0.00909. The quantitative estimate of drug-likeness (QED) is 0.783. The smallest absolute Gasteiger partial charge is 0.268 e. The van der Waals surface area contributed by atoms with E-state index in [0.29, 0.717) is 5.69 Å². The van der Waals surface area contributed by atoms with Gasteiger partial charge in [0.2, 0.25) is 0 Å². The summed E-state index contributed by atoms with van der Waals surface area (Å²) >= 11 is 0. The lowest BCUT2D eigenvalue weighted by Crippen LogP contribution is -2.40. The Morgan fingerprint density at radius 2 is 2.12 bits per heavy atom. The van der Waals surface area contributed by atoms with Gasteiger partial charge in [0.25, 0.3) is 11.5 Å². The van der Waals surface area contributed by atoms with Crippen LogP contribution in [-0.4, -0.2) is 28.2 Å². The van der Waals surface area contributed by atoms with Crippen molar-refractivity contribution in [3.8, 4) is 0 Å². The minimum Gasteiger partial charge on any atom is -0.396 e. The highest BCUT2D eigenvalue weighted by atomic mass is 16.3. The molecular formula is C12H18N2O3. The second kappa shape index (κ2) is 5.63. The molecule has 0 aromatic carbocycles. The first kappa shape index (κ1) is 13.4. The molecule has 0 saturated carbocycles. The maximum absolute atomic E-state index is 11.9. The van der Waals surface area contributed by atoms with Gasteiger partial charge in [-0.25, -0.2) is 0 Å². The van der Waals surface area contributed by atoms with Crippen LogP contribution >= 0.6 is 0 Å². The van der Waals surface area contributed by atoms with Crippen molar-refractivity contribution >= 4 is 5.91 Å². The number of carbonyl (C=O) groups excluding carboxylic acids is 1. The zero-order valence-electron chi connectivity index (χ0n) is 10.3. The SMILES string of the molecule is CC(CO)C(C)NC(=O)c1cccc(=O)n1C. The molecule has 2 unspecified atom stereocenters. The first-order valence-electron chi connectivity index (χ1n) is 5.55. The monoisotopic (exact) mass is 238 g/mol. The van der Waals surface area contributed by atoms with Crippen LogP contribution < -0.4 is 10.9 Å². The average Bonchev–Trinajstić information content (AvgIpc) is 2.31. The molecule has 5 nitrogen and oxygen atoms in total. The first-order valence-corrected chi connectivity index (χ1v) is 5.55. The molecule has 0 aliphatic rings. The van der Waals surface area contributed by atoms with E-state index in [4.69, 9.17) is 5.11 Å². The average molecular weight is 238 g/mol. The van der Waals surface area contributed by atoms with Crippen molar-refractivity contribution in [3.63, 3.8) is 0 Å². The summed E-state index contributed by atoms with van der Waals surface area (Å²) in [4.78, 5) is 23.3. The number of aliphatic hydroxyl groups is 1. The van der Waals surface area contributed by atoms with Crippen molar-refractivity contribution in [2.45, 2.75) is 19.9 Å². The Balaban J connectivity index is 2.84. The lowest BCUT2D eigenvalue weighted by Gasteiger charge is -2.19. The molecule has 0 spiro atoms. The van der Waals surface area contributed by atoms with Gasteiger partial charge >= 0.3 is 0 Å². The second-order valence-electron chi connectivity index (χ2n) is 4.23. The van der Waals surface area contributed by atoms with Crippen LogP contribution in [0.5, 0.6) is 0 Å². The number of hydrogen-bond acceptors (Lipinski definition) is 3. The number of nitrogens with one attached hydrogen (secondary N) is 1. The van der Waals surface area contributed by atoms with Crippen molar-refractivity contribution in [2.24, 2.45) is 13.0 Å². The second-order valence-corrected chi connectivity index (χ2v) is 4.23. The Kier molecular flexibility index (Phi) is 4.45. The fourth-order valence-corrected chi connectivity index (χ4v) is 1.37. The Hall–Kier alpha value is -1.62. The van der Waals surface area contributed by atoms with Crippen molar-refractivity contribution in [1.82, 2.24) is 9.88 Å². The van der Waals surface area contributed by atoms with Crippen LogP contribution in [0.25, 0.3) is 0 Å². The Bertz CT molecular complexity index is 453.